The van der Waals surface area contributed by atoms with Gasteiger partial charge >= 0.3 is 0 Å². The lowest BCUT2D eigenvalue weighted by Gasteiger charge is -2.32. The Labute approximate surface area is 67.0 Å². The summed E-state index contributed by atoms with van der Waals surface area (Å²) in [6.45, 7) is 4.68. The lowest BCUT2D eigenvalue weighted by Crippen LogP contribution is -2.43. The van der Waals surface area contributed by atoms with Gasteiger partial charge in [-0.05, 0) is 13.0 Å². The maximum absolute atomic E-state index is 10.4. The molecule has 0 aromatic carbocycles. The molecule has 0 saturated carbocycles. The Hall–Kier alpha value is -0.410. The van der Waals surface area contributed by atoms with Crippen molar-refractivity contribution < 1.29 is 9.90 Å². The normalized spacial score (nSPS) is 33.6. The molecule has 0 spiro atoms. The number of aliphatic hydroxyl groups is 1. The van der Waals surface area contributed by atoms with Gasteiger partial charge in [-0.2, -0.15) is 0 Å². The standard InChI is InChI=1S/C8H15NO2/c1-2-9-4-3-8(11)7(5-9)6-10/h6-8,11H,2-5H2,1H3. The molecule has 0 aliphatic carbocycles. The fourth-order valence-electron chi connectivity index (χ4n) is 1.46. The summed E-state index contributed by atoms with van der Waals surface area (Å²) in [5.74, 6) is -0.163. The van der Waals surface area contributed by atoms with Crippen LogP contribution >= 0.6 is 0 Å². The molecule has 3 nitrogen and oxygen atoms in total. The highest BCUT2D eigenvalue weighted by molar-refractivity contribution is 5.55. The van der Waals surface area contributed by atoms with Crippen molar-refractivity contribution in [2.45, 2.75) is 19.4 Å². The van der Waals surface area contributed by atoms with Gasteiger partial charge in [-0.1, -0.05) is 6.92 Å². The number of hydrogen-bond acceptors (Lipinski definition) is 3. The molecule has 2 atom stereocenters. The number of aliphatic hydroxyl groups excluding tert-OH is 1. The van der Waals surface area contributed by atoms with Crippen molar-refractivity contribution in [3.05, 3.63) is 0 Å². The van der Waals surface area contributed by atoms with Gasteiger partial charge in [-0.25, -0.2) is 0 Å². The summed E-state index contributed by atoms with van der Waals surface area (Å²) in [4.78, 5) is 12.6. The quantitative estimate of drug-likeness (QED) is 0.568. The Balaban J connectivity index is 2.43. The van der Waals surface area contributed by atoms with Gasteiger partial charge in [-0.15, -0.1) is 0 Å². The molecule has 1 rings (SSSR count). The van der Waals surface area contributed by atoms with Crippen LogP contribution in [0.3, 0.4) is 0 Å². The van der Waals surface area contributed by atoms with Crippen molar-refractivity contribution in [1.82, 2.24) is 4.90 Å². The largest absolute Gasteiger partial charge is 0.392 e. The second-order valence-electron chi connectivity index (χ2n) is 3.05. The maximum atomic E-state index is 10.4. The molecule has 3 heteroatoms. The first-order valence-corrected chi connectivity index (χ1v) is 4.13. The second kappa shape index (κ2) is 3.83. The van der Waals surface area contributed by atoms with E-state index < -0.39 is 6.10 Å². The van der Waals surface area contributed by atoms with Gasteiger partial charge < -0.3 is 14.8 Å². The molecule has 0 aromatic rings. The average molecular weight is 157 g/mol. The van der Waals surface area contributed by atoms with Crippen LogP contribution in [0.4, 0.5) is 0 Å². The van der Waals surface area contributed by atoms with Gasteiger partial charge in [0.05, 0.1) is 12.0 Å². The minimum absolute atomic E-state index is 0.163. The van der Waals surface area contributed by atoms with Crippen LogP contribution in [0.1, 0.15) is 13.3 Å². The van der Waals surface area contributed by atoms with Crippen molar-refractivity contribution >= 4 is 6.29 Å². The molecule has 11 heavy (non-hydrogen) atoms. The first kappa shape index (κ1) is 8.68. The molecule has 1 aliphatic heterocycles. The Morgan fingerprint density at radius 2 is 2.45 bits per heavy atom. The van der Waals surface area contributed by atoms with Crippen LogP contribution in [-0.2, 0) is 4.79 Å². The van der Waals surface area contributed by atoms with Crippen LogP contribution in [0.15, 0.2) is 0 Å². The SMILES string of the molecule is CCN1CCC(O)C(C=O)C1. The van der Waals surface area contributed by atoms with Crippen LogP contribution in [0.2, 0.25) is 0 Å². The van der Waals surface area contributed by atoms with E-state index in [1.807, 2.05) is 0 Å². The second-order valence-corrected chi connectivity index (χ2v) is 3.05. The van der Waals surface area contributed by atoms with E-state index in [0.29, 0.717) is 0 Å². The van der Waals surface area contributed by atoms with Gasteiger partial charge in [0.15, 0.2) is 0 Å². The monoisotopic (exact) mass is 157 g/mol. The first-order chi connectivity index (χ1) is 5.27. The first-order valence-electron chi connectivity index (χ1n) is 4.13. The van der Waals surface area contributed by atoms with Crippen molar-refractivity contribution in [2.75, 3.05) is 19.6 Å². The van der Waals surface area contributed by atoms with Gasteiger partial charge in [0.1, 0.15) is 6.29 Å². The van der Waals surface area contributed by atoms with E-state index in [0.717, 1.165) is 32.3 Å². The maximum Gasteiger partial charge on any atom is 0.126 e. The number of likely N-dealkylation sites (tertiary alicyclic amines) is 1. The number of piperidine rings is 1. The summed E-state index contributed by atoms with van der Waals surface area (Å²) < 4.78 is 0. The molecular weight excluding hydrogens is 142 g/mol. The van der Waals surface area contributed by atoms with Crippen LogP contribution < -0.4 is 0 Å². The topological polar surface area (TPSA) is 40.5 Å². The number of carbonyl (C=O) groups is 1. The van der Waals surface area contributed by atoms with E-state index in [9.17, 15) is 9.90 Å². The van der Waals surface area contributed by atoms with Crippen LogP contribution in [0.25, 0.3) is 0 Å². The third-order valence-corrected chi connectivity index (χ3v) is 2.33. The number of hydrogen-bond donors (Lipinski definition) is 1. The Morgan fingerprint density at radius 1 is 1.73 bits per heavy atom. The summed E-state index contributed by atoms with van der Waals surface area (Å²) in [7, 11) is 0. The van der Waals surface area contributed by atoms with E-state index in [-0.39, 0.29) is 5.92 Å². The zero-order valence-corrected chi connectivity index (χ0v) is 6.86. The fourth-order valence-corrected chi connectivity index (χ4v) is 1.46. The Kier molecular flexibility index (Phi) is 3.02. The number of nitrogens with zero attached hydrogens (tertiary/aromatic N) is 1. The highest BCUT2D eigenvalue weighted by Gasteiger charge is 2.25. The summed E-state index contributed by atoms with van der Waals surface area (Å²) in [5.41, 5.74) is 0. The van der Waals surface area contributed by atoms with E-state index in [1.165, 1.54) is 0 Å². The van der Waals surface area contributed by atoms with Gasteiger partial charge in [-0.3, -0.25) is 0 Å². The molecule has 64 valence electrons. The van der Waals surface area contributed by atoms with E-state index >= 15 is 0 Å². The summed E-state index contributed by atoms with van der Waals surface area (Å²) in [5, 5.41) is 9.32. The Morgan fingerprint density at radius 3 is 3.00 bits per heavy atom. The molecular formula is C8H15NO2. The highest BCUT2D eigenvalue weighted by atomic mass is 16.3. The van der Waals surface area contributed by atoms with E-state index in [1.54, 1.807) is 0 Å². The van der Waals surface area contributed by atoms with E-state index in [4.69, 9.17) is 0 Å². The third-order valence-electron chi connectivity index (χ3n) is 2.33. The van der Waals surface area contributed by atoms with Gasteiger partial charge in [0.2, 0.25) is 0 Å². The molecule has 0 radical (unpaired) electrons. The van der Waals surface area contributed by atoms with Gasteiger partial charge in [0, 0.05) is 13.1 Å². The van der Waals surface area contributed by atoms with Crippen molar-refractivity contribution in [3.63, 3.8) is 0 Å². The molecule has 0 bridgehead atoms. The summed E-state index contributed by atoms with van der Waals surface area (Å²) in [6, 6.07) is 0. The van der Waals surface area contributed by atoms with Crippen LogP contribution in [-0.4, -0.2) is 42.0 Å². The lowest BCUT2D eigenvalue weighted by atomic mass is 9.96. The minimum Gasteiger partial charge on any atom is -0.392 e. The molecule has 2 unspecified atom stereocenters. The predicted molar refractivity (Wildman–Crippen MR) is 42.3 cm³/mol. The van der Waals surface area contributed by atoms with Crippen molar-refractivity contribution in [3.8, 4) is 0 Å². The fraction of sp³-hybridized carbons (Fsp3) is 0.875. The highest BCUT2D eigenvalue weighted by Crippen LogP contribution is 2.14. The van der Waals surface area contributed by atoms with Crippen molar-refractivity contribution in [2.24, 2.45) is 5.92 Å². The van der Waals surface area contributed by atoms with Crippen LogP contribution in [0.5, 0.6) is 0 Å². The molecule has 1 saturated heterocycles. The molecule has 0 amide bonds. The third kappa shape index (κ3) is 2.01. The molecule has 1 fully saturated rings. The molecule has 1 aliphatic rings. The minimum atomic E-state index is -0.407. The lowest BCUT2D eigenvalue weighted by molar-refractivity contribution is -0.116. The van der Waals surface area contributed by atoms with Crippen molar-refractivity contribution in [1.29, 1.82) is 0 Å². The van der Waals surface area contributed by atoms with Gasteiger partial charge in [0.25, 0.3) is 0 Å². The van der Waals surface area contributed by atoms with E-state index in [2.05, 4.69) is 11.8 Å². The number of carbonyl (C=O) groups excluding carboxylic acids is 1. The molecule has 1 N–H and O–H groups in total. The summed E-state index contributed by atoms with van der Waals surface area (Å²) in [6.07, 6.45) is 1.19. The predicted octanol–water partition coefficient (Wildman–Crippen LogP) is -0.112. The Bertz CT molecular complexity index is 138. The average Bonchev–Trinajstić information content (AvgIpc) is 2.05. The van der Waals surface area contributed by atoms with Crippen LogP contribution in [0, 0.1) is 5.92 Å². The molecule has 0 aromatic heterocycles. The number of rotatable bonds is 2. The summed E-state index contributed by atoms with van der Waals surface area (Å²) >= 11 is 0. The zero-order valence-electron chi connectivity index (χ0n) is 6.86. The number of aldehydes is 1. The zero-order chi connectivity index (χ0) is 8.27. The smallest absolute Gasteiger partial charge is 0.126 e. The molecule has 1 heterocycles.